The minimum Gasteiger partial charge on any atom is -0.0651 e. The lowest BCUT2D eigenvalue weighted by Crippen LogP contribution is -2.00. The fourth-order valence-electron chi connectivity index (χ4n) is 3.52. The molecule has 0 saturated heterocycles. The minimum atomic E-state index is 0.966. The highest BCUT2D eigenvalue weighted by Crippen LogP contribution is 2.88. The molecule has 5 unspecified atom stereocenters. The van der Waals surface area contributed by atoms with Crippen LogP contribution in [0.1, 0.15) is 33.1 Å². The van der Waals surface area contributed by atoms with Crippen molar-refractivity contribution in [3.8, 4) is 0 Å². The summed E-state index contributed by atoms with van der Waals surface area (Å²) in [6, 6.07) is 0. The third-order valence-corrected chi connectivity index (χ3v) is 4.41. The molecule has 0 spiro atoms. The molecule has 3 fully saturated rings. The molecule has 3 aliphatic rings. The maximum atomic E-state index is 2.43. The molecule has 10 heavy (non-hydrogen) atoms. The lowest BCUT2D eigenvalue weighted by molar-refractivity contribution is 0.415. The highest BCUT2D eigenvalue weighted by molar-refractivity contribution is 5.30. The first-order chi connectivity index (χ1) is 4.80. The third kappa shape index (κ3) is 0.408. The van der Waals surface area contributed by atoms with E-state index < -0.39 is 0 Å². The fourth-order valence-corrected chi connectivity index (χ4v) is 3.52. The minimum absolute atomic E-state index is 0.966. The Bertz CT molecular complexity index is 184. The van der Waals surface area contributed by atoms with Gasteiger partial charge in [0.1, 0.15) is 0 Å². The zero-order valence-corrected chi connectivity index (χ0v) is 6.93. The van der Waals surface area contributed by atoms with Crippen LogP contribution in [0.25, 0.3) is 0 Å². The van der Waals surface area contributed by atoms with Crippen LogP contribution in [0.4, 0.5) is 0 Å². The average Bonchev–Trinajstić information content (AvgIpc) is 2.57. The predicted octanol–water partition coefficient (Wildman–Crippen LogP) is 2.69. The zero-order valence-electron chi connectivity index (χ0n) is 6.93. The monoisotopic (exact) mass is 136 g/mol. The number of hydrogen-bond donors (Lipinski definition) is 0. The topological polar surface area (TPSA) is 0 Å². The molecular formula is C10H16. The van der Waals surface area contributed by atoms with Crippen molar-refractivity contribution in [1.82, 2.24) is 0 Å². The predicted molar refractivity (Wildman–Crippen MR) is 41.6 cm³/mol. The molecule has 3 rings (SSSR count). The van der Waals surface area contributed by atoms with Crippen LogP contribution in [-0.4, -0.2) is 0 Å². The average molecular weight is 136 g/mol. The van der Waals surface area contributed by atoms with Crippen molar-refractivity contribution in [2.24, 2.45) is 29.1 Å². The van der Waals surface area contributed by atoms with Gasteiger partial charge in [-0.2, -0.15) is 0 Å². The Kier molecular flexibility index (Phi) is 0.735. The van der Waals surface area contributed by atoms with E-state index in [1.165, 1.54) is 24.2 Å². The molecule has 0 bridgehead atoms. The van der Waals surface area contributed by atoms with Gasteiger partial charge >= 0.3 is 0 Å². The SMILES string of the molecule is CCC1C2CC12C1CC1C. The van der Waals surface area contributed by atoms with Gasteiger partial charge < -0.3 is 0 Å². The van der Waals surface area contributed by atoms with E-state index in [0.717, 1.165) is 11.3 Å². The van der Waals surface area contributed by atoms with Gasteiger partial charge in [0.05, 0.1) is 0 Å². The van der Waals surface area contributed by atoms with Crippen molar-refractivity contribution < 1.29 is 0 Å². The zero-order chi connectivity index (χ0) is 6.93. The number of hydrogen-bond acceptors (Lipinski definition) is 0. The molecule has 0 aromatic rings. The van der Waals surface area contributed by atoms with Crippen LogP contribution in [0.5, 0.6) is 0 Å². The van der Waals surface area contributed by atoms with Gasteiger partial charge in [-0.05, 0) is 41.9 Å². The van der Waals surface area contributed by atoms with Crippen molar-refractivity contribution in [1.29, 1.82) is 0 Å². The molecule has 0 radical (unpaired) electrons. The van der Waals surface area contributed by atoms with E-state index in [0.29, 0.717) is 0 Å². The van der Waals surface area contributed by atoms with Crippen LogP contribution in [-0.2, 0) is 0 Å². The highest BCUT2D eigenvalue weighted by Gasteiger charge is 2.82. The summed E-state index contributed by atoms with van der Waals surface area (Å²) >= 11 is 0. The van der Waals surface area contributed by atoms with Crippen molar-refractivity contribution in [2.45, 2.75) is 33.1 Å². The van der Waals surface area contributed by atoms with Crippen LogP contribution in [0.3, 0.4) is 0 Å². The van der Waals surface area contributed by atoms with Crippen LogP contribution in [0.2, 0.25) is 0 Å². The Morgan fingerprint density at radius 3 is 2.40 bits per heavy atom. The molecule has 3 aliphatic carbocycles. The molecule has 0 aromatic heterocycles. The Hall–Kier alpha value is 0. The molecular weight excluding hydrogens is 120 g/mol. The summed E-state index contributed by atoms with van der Waals surface area (Å²) in [7, 11) is 0. The van der Waals surface area contributed by atoms with Gasteiger partial charge in [0, 0.05) is 0 Å². The normalized spacial score (nSPS) is 69.0. The Morgan fingerprint density at radius 2 is 2.10 bits per heavy atom. The van der Waals surface area contributed by atoms with Gasteiger partial charge in [0.15, 0.2) is 0 Å². The third-order valence-electron chi connectivity index (χ3n) is 4.41. The summed E-state index contributed by atoms with van der Waals surface area (Å²) in [4.78, 5) is 0. The summed E-state index contributed by atoms with van der Waals surface area (Å²) < 4.78 is 0. The van der Waals surface area contributed by atoms with Crippen LogP contribution in [0.15, 0.2) is 0 Å². The molecule has 0 N–H and O–H groups in total. The standard InChI is InChI=1S/C10H16/c1-3-7-9-5-10(7,9)8-4-6(8)2/h6-9H,3-5H2,1-2H3. The molecule has 56 valence electrons. The summed E-state index contributed by atoms with van der Waals surface area (Å²) in [6.45, 7) is 4.80. The summed E-state index contributed by atoms with van der Waals surface area (Å²) in [5, 5.41) is 0. The molecule has 0 aliphatic heterocycles. The van der Waals surface area contributed by atoms with Gasteiger partial charge in [-0.25, -0.2) is 0 Å². The first-order valence-corrected chi connectivity index (χ1v) is 4.80. The van der Waals surface area contributed by atoms with Gasteiger partial charge in [-0.3, -0.25) is 0 Å². The Morgan fingerprint density at radius 1 is 1.40 bits per heavy atom. The lowest BCUT2D eigenvalue weighted by atomic mass is 9.98. The van der Waals surface area contributed by atoms with Crippen molar-refractivity contribution in [3.05, 3.63) is 0 Å². The largest absolute Gasteiger partial charge is 0.0651 e. The van der Waals surface area contributed by atoms with E-state index in [-0.39, 0.29) is 0 Å². The van der Waals surface area contributed by atoms with Gasteiger partial charge in [0.25, 0.3) is 0 Å². The second kappa shape index (κ2) is 1.31. The first-order valence-electron chi connectivity index (χ1n) is 4.80. The van der Waals surface area contributed by atoms with Crippen LogP contribution >= 0.6 is 0 Å². The quantitative estimate of drug-likeness (QED) is 0.547. The van der Waals surface area contributed by atoms with E-state index in [4.69, 9.17) is 0 Å². The summed E-state index contributed by atoms with van der Waals surface area (Å²) in [6.07, 6.45) is 4.64. The number of fused-ring (bicyclic) bond motifs is 1. The Labute approximate surface area is 63.0 Å². The van der Waals surface area contributed by atoms with E-state index in [1.54, 1.807) is 12.8 Å². The number of rotatable bonds is 2. The van der Waals surface area contributed by atoms with Gasteiger partial charge in [0.2, 0.25) is 0 Å². The maximum absolute atomic E-state index is 2.43. The van der Waals surface area contributed by atoms with Crippen molar-refractivity contribution in [2.75, 3.05) is 0 Å². The fraction of sp³-hybridized carbons (Fsp3) is 1.00. The first kappa shape index (κ1) is 5.62. The summed E-state index contributed by atoms with van der Waals surface area (Å²) in [5.41, 5.74) is 0.966. The molecule has 0 heterocycles. The van der Waals surface area contributed by atoms with E-state index in [1.807, 2.05) is 0 Å². The molecule has 5 atom stereocenters. The molecule has 0 aromatic carbocycles. The lowest BCUT2D eigenvalue weighted by Gasteiger charge is -2.07. The highest BCUT2D eigenvalue weighted by atomic mass is 14.9. The van der Waals surface area contributed by atoms with Gasteiger partial charge in [-0.1, -0.05) is 20.3 Å². The second-order valence-electron chi connectivity index (χ2n) is 4.76. The van der Waals surface area contributed by atoms with E-state index in [9.17, 15) is 0 Å². The molecule has 0 amide bonds. The van der Waals surface area contributed by atoms with Crippen LogP contribution < -0.4 is 0 Å². The molecule has 0 nitrogen and oxygen atoms in total. The van der Waals surface area contributed by atoms with E-state index >= 15 is 0 Å². The van der Waals surface area contributed by atoms with E-state index in [2.05, 4.69) is 13.8 Å². The van der Waals surface area contributed by atoms with Crippen LogP contribution in [0, 0.1) is 29.1 Å². The smallest absolute Gasteiger partial charge is 0.0201 e. The maximum Gasteiger partial charge on any atom is -0.0201 e. The van der Waals surface area contributed by atoms with Crippen molar-refractivity contribution >= 4 is 0 Å². The summed E-state index contributed by atoms with van der Waals surface area (Å²) in [5.74, 6) is 4.68. The van der Waals surface area contributed by atoms with Gasteiger partial charge in [-0.15, -0.1) is 0 Å². The van der Waals surface area contributed by atoms with Crippen molar-refractivity contribution in [3.63, 3.8) is 0 Å². The Balaban J connectivity index is 1.74. The molecule has 3 saturated carbocycles. The molecule has 0 heteroatoms. The second-order valence-corrected chi connectivity index (χ2v) is 4.76.